The van der Waals surface area contributed by atoms with Gasteiger partial charge in [-0.05, 0) is 15.0 Å². The van der Waals surface area contributed by atoms with Crippen LogP contribution in [-0.4, -0.2) is 19.9 Å². The summed E-state index contributed by atoms with van der Waals surface area (Å²) in [6.07, 6.45) is 6.88. The van der Waals surface area contributed by atoms with E-state index in [1.165, 1.54) is 6.33 Å². The minimum atomic E-state index is 0.801. The summed E-state index contributed by atoms with van der Waals surface area (Å²) in [4.78, 5) is 16.9. The molecule has 0 aliphatic carbocycles. The van der Waals surface area contributed by atoms with Gasteiger partial charge in [0.05, 0.1) is 6.20 Å². The highest BCUT2D eigenvalue weighted by atomic mass is 127. The lowest BCUT2D eigenvalue weighted by molar-refractivity contribution is 1.16. The second-order valence-electron chi connectivity index (χ2n) is 3.17. The van der Waals surface area contributed by atoms with E-state index in [1.807, 2.05) is 12.3 Å². The van der Waals surface area contributed by atoms with Crippen molar-refractivity contribution >= 4 is 51.9 Å². The van der Waals surface area contributed by atoms with E-state index in [0.717, 1.165) is 26.8 Å². The average Bonchev–Trinajstić information content (AvgIpc) is 2.37. The third kappa shape index (κ3) is 1.52. The molecule has 0 amide bonds. The summed E-state index contributed by atoms with van der Waals surface area (Å²) >= 11 is 2.22. The van der Waals surface area contributed by atoms with Crippen LogP contribution in [0.25, 0.3) is 21.8 Å². The maximum atomic E-state index is 4.34. The summed E-state index contributed by atoms with van der Waals surface area (Å²) in [5.74, 6) is 0. The summed E-state index contributed by atoms with van der Waals surface area (Å²) in [6.45, 7) is 0. The zero-order valence-corrected chi connectivity index (χ0v) is 10.9. The van der Waals surface area contributed by atoms with Gasteiger partial charge in [-0.3, -0.25) is 4.98 Å². The number of halogens is 1. The minimum Gasteiger partial charge on any atom is -0.252 e. The first kappa shape index (κ1) is 10.2. The fraction of sp³-hybridized carbons (Fsp3) is 0. The third-order valence-corrected chi connectivity index (χ3v) is 4.00. The molecule has 3 aromatic rings. The Hall–Kier alpha value is -1.02. The van der Waals surface area contributed by atoms with Crippen molar-refractivity contribution in [3.05, 3.63) is 31.0 Å². The maximum Gasteiger partial charge on any atom is 0.116 e. The second-order valence-corrected chi connectivity index (χ2v) is 5.03. The Balaban J connectivity index is 2.57. The van der Waals surface area contributed by atoms with Gasteiger partial charge in [-0.2, -0.15) is 0 Å². The van der Waals surface area contributed by atoms with Gasteiger partial charge in [0.1, 0.15) is 22.4 Å². The molecule has 0 spiro atoms. The van der Waals surface area contributed by atoms with Crippen LogP contribution in [0.3, 0.4) is 0 Å². The van der Waals surface area contributed by atoms with Crippen LogP contribution in [0.4, 0.5) is 0 Å². The van der Waals surface area contributed by atoms with E-state index in [1.54, 1.807) is 21.3 Å². The Labute approximate surface area is 108 Å². The number of aromatic nitrogens is 4. The quantitative estimate of drug-likeness (QED) is 0.504. The zero-order chi connectivity index (χ0) is 11.0. The van der Waals surface area contributed by atoms with Gasteiger partial charge in [0.2, 0.25) is 0 Å². The topological polar surface area (TPSA) is 51.6 Å². The van der Waals surface area contributed by atoms with Gasteiger partial charge in [-0.25, -0.2) is 15.0 Å². The number of fused-ring (bicyclic) bond motifs is 3. The van der Waals surface area contributed by atoms with Gasteiger partial charge in [0.25, 0.3) is 0 Å². The molecule has 0 unspecified atom stereocenters. The van der Waals surface area contributed by atoms with Gasteiger partial charge >= 0.3 is 0 Å². The molecule has 0 saturated carbocycles. The predicted molar refractivity (Wildman–Crippen MR) is 72.5 cm³/mol. The van der Waals surface area contributed by atoms with E-state index in [4.69, 9.17) is 0 Å². The maximum absolute atomic E-state index is 4.34. The Bertz CT molecular complexity index is 673. The molecule has 0 saturated heterocycles. The molecular formula is C10H5IN4S. The molecule has 0 bridgehead atoms. The monoisotopic (exact) mass is 340 g/mol. The summed E-state index contributed by atoms with van der Waals surface area (Å²) < 4.78 is 0. The van der Waals surface area contributed by atoms with Gasteiger partial charge in [-0.15, -0.1) is 0 Å². The van der Waals surface area contributed by atoms with Crippen LogP contribution < -0.4 is 0 Å². The summed E-state index contributed by atoms with van der Waals surface area (Å²) in [5.41, 5.74) is 1.66. The Kier molecular flexibility index (Phi) is 2.60. The molecule has 0 aliphatic rings. The van der Waals surface area contributed by atoms with E-state index < -0.39 is 0 Å². The highest BCUT2D eigenvalue weighted by Crippen LogP contribution is 2.32. The van der Waals surface area contributed by atoms with E-state index in [0.29, 0.717) is 0 Å². The first-order valence-corrected chi connectivity index (χ1v) is 7.88. The average molecular weight is 340 g/mol. The van der Waals surface area contributed by atoms with Crippen LogP contribution in [0, 0.1) is 0 Å². The van der Waals surface area contributed by atoms with Crippen molar-refractivity contribution < 1.29 is 0 Å². The van der Waals surface area contributed by atoms with Crippen molar-refractivity contribution in [2.75, 3.05) is 0 Å². The molecule has 3 aromatic heterocycles. The van der Waals surface area contributed by atoms with Crippen molar-refractivity contribution in [3.8, 4) is 0 Å². The van der Waals surface area contributed by atoms with Gasteiger partial charge < -0.3 is 0 Å². The van der Waals surface area contributed by atoms with Crippen LogP contribution in [0.2, 0.25) is 0 Å². The molecule has 0 fully saturated rings. The second kappa shape index (κ2) is 4.10. The van der Waals surface area contributed by atoms with Crippen LogP contribution in [0.15, 0.2) is 36.0 Å². The van der Waals surface area contributed by atoms with Crippen molar-refractivity contribution in [1.82, 2.24) is 19.9 Å². The highest BCUT2D eigenvalue weighted by Gasteiger charge is 2.08. The molecule has 6 heteroatoms. The van der Waals surface area contributed by atoms with Gasteiger partial charge in [0.15, 0.2) is 0 Å². The number of pyridine rings is 2. The molecular weight excluding hydrogens is 335 g/mol. The Morgan fingerprint density at radius 3 is 2.94 bits per heavy atom. The van der Waals surface area contributed by atoms with Crippen LogP contribution in [-0.2, 0) is 0 Å². The van der Waals surface area contributed by atoms with Gasteiger partial charge in [-0.1, -0.05) is 0 Å². The largest absolute Gasteiger partial charge is 0.252 e. The molecule has 3 heterocycles. The highest BCUT2D eigenvalue weighted by molar-refractivity contribution is 14.2. The van der Waals surface area contributed by atoms with E-state index in [-0.39, 0.29) is 0 Å². The van der Waals surface area contributed by atoms with E-state index >= 15 is 0 Å². The molecule has 3 rings (SSSR count). The zero-order valence-electron chi connectivity index (χ0n) is 7.96. The first-order chi connectivity index (χ1) is 7.90. The lowest BCUT2D eigenvalue weighted by Gasteiger charge is -2.04. The van der Waals surface area contributed by atoms with Gasteiger partial charge in [0, 0.05) is 44.4 Å². The van der Waals surface area contributed by atoms with Crippen molar-refractivity contribution in [2.24, 2.45) is 0 Å². The molecule has 0 aromatic carbocycles. The van der Waals surface area contributed by atoms with Crippen molar-refractivity contribution in [1.29, 1.82) is 0 Å². The fourth-order valence-electron chi connectivity index (χ4n) is 1.61. The van der Waals surface area contributed by atoms with E-state index in [2.05, 4.69) is 41.1 Å². The smallest absolute Gasteiger partial charge is 0.116 e. The molecule has 4 nitrogen and oxygen atoms in total. The molecule has 0 aliphatic heterocycles. The van der Waals surface area contributed by atoms with E-state index in [9.17, 15) is 0 Å². The first-order valence-electron chi connectivity index (χ1n) is 4.52. The molecule has 0 N–H and O–H groups in total. The lowest BCUT2D eigenvalue weighted by Crippen LogP contribution is -1.89. The molecule has 16 heavy (non-hydrogen) atoms. The molecule has 78 valence electrons. The number of rotatable bonds is 1. The Morgan fingerprint density at radius 1 is 1.12 bits per heavy atom. The van der Waals surface area contributed by atoms with Crippen LogP contribution >= 0.6 is 30.1 Å². The normalized spacial score (nSPS) is 11.1. The van der Waals surface area contributed by atoms with Crippen molar-refractivity contribution in [3.63, 3.8) is 0 Å². The standard InChI is InChI=1S/C10H5IN4S/c11-16-10-8-6(1-2-13-10)3-14-7-4-12-5-15-9(7)8/h1-5H. The number of nitrogens with zero attached hydrogens (tertiary/aromatic N) is 4. The molecule has 0 radical (unpaired) electrons. The number of hydrogen-bond acceptors (Lipinski definition) is 5. The summed E-state index contributed by atoms with van der Waals surface area (Å²) in [5, 5.41) is 3.07. The summed E-state index contributed by atoms with van der Waals surface area (Å²) in [7, 11) is 1.58. The molecule has 0 atom stereocenters. The fourth-order valence-corrected chi connectivity index (χ4v) is 3.00. The van der Waals surface area contributed by atoms with Crippen LogP contribution in [0.5, 0.6) is 0 Å². The third-order valence-electron chi connectivity index (χ3n) is 2.29. The SMILES string of the molecule is ISc1nccc2cnc3cncnc3c12. The minimum absolute atomic E-state index is 0.801. The Morgan fingerprint density at radius 2 is 2.06 bits per heavy atom. The summed E-state index contributed by atoms with van der Waals surface area (Å²) in [6, 6.07) is 1.94. The lowest BCUT2D eigenvalue weighted by atomic mass is 10.2. The number of hydrogen-bond donors (Lipinski definition) is 0. The predicted octanol–water partition coefficient (Wildman–Crippen LogP) is 3.02. The van der Waals surface area contributed by atoms with Crippen molar-refractivity contribution in [2.45, 2.75) is 5.03 Å². The van der Waals surface area contributed by atoms with Crippen LogP contribution in [0.1, 0.15) is 0 Å².